The van der Waals surface area contributed by atoms with E-state index in [0.717, 1.165) is 5.56 Å². The van der Waals surface area contributed by atoms with Gasteiger partial charge in [0.15, 0.2) is 5.78 Å². The minimum Gasteiger partial charge on any atom is -0.360 e. The third kappa shape index (κ3) is 3.97. The van der Waals surface area contributed by atoms with Crippen LogP contribution in [0.25, 0.3) is 10.9 Å². The van der Waals surface area contributed by atoms with Crippen molar-refractivity contribution < 1.29 is 4.79 Å². The first kappa shape index (κ1) is 22.3. The first-order valence-corrected chi connectivity index (χ1v) is 11.4. The number of carbonyl (C=O) groups is 1. The number of aromatic nitrogens is 4. The van der Waals surface area contributed by atoms with Crippen LogP contribution < -0.4 is 10.9 Å². The molecule has 0 saturated carbocycles. The number of anilines is 1. The van der Waals surface area contributed by atoms with Crippen LogP contribution in [0, 0.1) is 0 Å². The fourth-order valence-electron chi connectivity index (χ4n) is 4.10. The van der Waals surface area contributed by atoms with Crippen LogP contribution in [0.5, 0.6) is 0 Å². The summed E-state index contributed by atoms with van der Waals surface area (Å²) in [5.74, 6) is 0.700. The monoisotopic (exact) mass is 491 g/mol. The summed E-state index contributed by atoms with van der Waals surface area (Å²) in [4.78, 5) is 39.5. The Kier molecular flexibility index (Phi) is 5.89. The maximum atomic E-state index is 13.6. The maximum Gasteiger partial charge on any atom is 0.263 e. The Labute approximate surface area is 205 Å². The van der Waals surface area contributed by atoms with E-state index in [1.54, 1.807) is 34.9 Å². The molecule has 2 heterocycles. The van der Waals surface area contributed by atoms with Crippen LogP contribution in [-0.4, -0.2) is 25.3 Å². The molecule has 0 spiro atoms. The number of allylic oxidation sites excluding steroid dienone is 2. The summed E-state index contributed by atoms with van der Waals surface area (Å²) >= 11 is 12.8. The van der Waals surface area contributed by atoms with Crippen molar-refractivity contribution in [2.45, 2.75) is 25.9 Å². The summed E-state index contributed by atoms with van der Waals surface area (Å²) in [6, 6.07) is 12.0. The Bertz CT molecular complexity index is 1530. The molecule has 2 aromatic heterocycles. The van der Waals surface area contributed by atoms with Crippen molar-refractivity contribution >= 4 is 45.7 Å². The van der Waals surface area contributed by atoms with Gasteiger partial charge in [0, 0.05) is 11.4 Å². The second-order valence-electron chi connectivity index (χ2n) is 7.97. The van der Waals surface area contributed by atoms with Crippen LogP contribution in [-0.2, 0) is 13.0 Å². The third-order valence-corrected chi connectivity index (χ3v) is 6.43. The highest BCUT2D eigenvalue weighted by atomic mass is 35.5. The Morgan fingerprint density at radius 1 is 1.06 bits per heavy atom. The topological polar surface area (TPSA) is 89.8 Å². The van der Waals surface area contributed by atoms with Crippen LogP contribution in [0.15, 0.2) is 65.7 Å². The van der Waals surface area contributed by atoms with E-state index in [1.165, 1.54) is 12.4 Å². The molecule has 0 unspecified atom stereocenters. The third-order valence-electron chi connectivity index (χ3n) is 5.74. The standard InChI is InChI=1S/C25H19Cl2N5O2/c1-14(30-23-22-18(28-13-29-23)9-5-11-20(22)33)24-31-19-10-4-8-17(27)21(19)25(34)32(24)12-15-6-2-3-7-16(15)26/h2-8,10-11,13-14H,9,12H2,1H3,(H,28,29,30)/t14-/m0/s1. The molecule has 1 N–H and O–H groups in total. The molecule has 9 heteroatoms. The molecule has 5 rings (SSSR count). The Balaban J connectivity index is 1.64. The van der Waals surface area contributed by atoms with Crippen LogP contribution in [0.2, 0.25) is 10.0 Å². The highest BCUT2D eigenvalue weighted by Crippen LogP contribution is 2.27. The molecule has 1 atom stereocenters. The van der Waals surface area contributed by atoms with Crippen LogP contribution >= 0.6 is 23.2 Å². The molecule has 0 amide bonds. The minimum absolute atomic E-state index is 0.164. The molecule has 0 bridgehead atoms. The van der Waals surface area contributed by atoms with Crippen molar-refractivity contribution in [3.05, 3.63) is 104 Å². The number of nitrogens with one attached hydrogen (secondary N) is 1. The van der Waals surface area contributed by atoms with Crippen molar-refractivity contribution in [2.24, 2.45) is 0 Å². The number of benzene rings is 2. The van der Waals surface area contributed by atoms with E-state index >= 15 is 0 Å². The van der Waals surface area contributed by atoms with Crippen LogP contribution in [0.4, 0.5) is 5.82 Å². The molecule has 170 valence electrons. The highest BCUT2D eigenvalue weighted by molar-refractivity contribution is 6.35. The molecule has 0 aliphatic heterocycles. The lowest BCUT2D eigenvalue weighted by Gasteiger charge is -2.22. The summed E-state index contributed by atoms with van der Waals surface area (Å²) in [6.45, 7) is 2.07. The zero-order valence-electron chi connectivity index (χ0n) is 18.1. The molecule has 7 nitrogen and oxygen atoms in total. The fourth-order valence-corrected chi connectivity index (χ4v) is 4.54. The lowest BCUT2D eigenvalue weighted by Crippen LogP contribution is -2.29. The van der Waals surface area contributed by atoms with E-state index < -0.39 is 6.04 Å². The van der Waals surface area contributed by atoms with Crippen LogP contribution in [0.3, 0.4) is 0 Å². The molecule has 0 saturated heterocycles. The lowest BCUT2D eigenvalue weighted by atomic mass is 10.0. The van der Waals surface area contributed by atoms with E-state index in [0.29, 0.717) is 50.3 Å². The van der Waals surface area contributed by atoms with Gasteiger partial charge in [-0.05, 0) is 36.8 Å². The molecular weight excluding hydrogens is 473 g/mol. The Morgan fingerprint density at radius 3 is 2.68 bits per heavy atom. The summed E-state index contributed by atoms with van der Waals surface area (Å²) in [5.41, 5.74) is 2.07. The lowest BCUT2D eigenvalue weighted by molar-refractivity contribution is 0.104. The fraction of sp³-hybridized carbons (Fsp3) is 0.160. The second kappa shape index (κ2) is 9.00. The van der Waals surface area contributed by atoms with Gasteiger partial charge in [-0.2, -0.15) is 0 Å². The zero-order chi connectivity index (χ0) is 23.8. The van der Waals surface area contributed by atoms with Gasteiger partial charge in [-0.3, -0.25) is 14.2 Å². The van der Waals surface area contributed by atoms with Crippen molar-refractivity contribution in [3.8, 4) is 0 Å². The molecule has 4 aromatic rings. The largest absolute Gasteiger partial charge is 0.360 e. The zero-order valence-corrected chi connectivity index (χ0v) is 19.6. The van der Waals surface area contributed by atoms with Crippen molar-refractivity contribution in [1.29, 1.82) is 0 Å². The Hall–Kier alpha value is -3.55. The molecule has 2 aromatic carbocycles. The molecular formula is C25H19Cl2N5O2. The van der Waals surface area contributed by atoms with Crippen molar-refractivity contribution in [3.63, 3.8) is 0 Å². The maximum absolute atomic E-state index is 13.6. The van der Waals surface area contributed by atoms with Gasteiger partial charge in [-0.15, -0.1) is 0 Å². The number of halogens is 2. The SMILES string of the molecule is C[C@H](Nc1ncnc2c1C(=O)C=CC2)c1nc2cccc(Cl)c2c(=O)n1Cc1ccccc1Cl. The van der Waals surface area contributed by atoms with Crippen molar-refractivity contribution in [2.75, 3.05) is 5.32 Å². The molecule has 34 heavy (non-hydrogen) atoms. The van der Waals surface area contributed by atoms with Gasteiger partial charge in [0.2, 0.25) is 0 Å². The van der Waals surface area contributed by atoms with Gasteiger partial charge in [0.25, 0.3) is 5.56 Å². The number of nitrogens with zero attached hydrogens (tertiary/aromatic N) is 4. The smallest absolute Gasteiger partial charge is 0.263 e. The van der Waals surface area contributed by atoms with Gasteiger partial charge >= 0.3 is 0 Å². The van der Waals surface area contributed by atoms with E-state index in [2.05, 4.69) is 15.3 Å². The summed E-state index contributed by atoms with van der Waals surface area (Å²) < 4.78 is 1.56. The van der Waals surface area contributed by atoms with Gasteiger partial charge in [0.1, 0.15) is 18.0 Å². The van der Waals surface area contributed by atoms with E-state index in [-0.39, 0.29) is 17.9 Å². The summed E-state index contributed by atoms with van der Waals surface area (Å²) in [5, 5.41) is 4.48. The number of ketones is 1. The summed E-state index contributed by atoms with van der Waals surface area (Å²) in [6.07, 6.45) is 5.27. The molecule has 0 fully saturated rings. The van der Waals surface area contributed by atoms with E-state index in [1.807, 2.05) is 25.1 Å². The van der Waals surface area contributed by atoms with Crippen molar-refractivity contribution in [1.82, 2.24) is 19.5 Å². The normalized spacial score (nSPS) is 13.7. The minimum atomic E-state index is -0.476. The van der Waals surface area contributed by atoms with Crippen LogP contribution in [0.1, 0.15) is 40.4 Å². The van der Waals surface area contributed by atoms with Gasteiger partial charge < -0.3 is 5.32 Å². The van der Waals surface area contributed by atoms with Gasteiger partial charge in [-0.1, -0.05) is 53.5 Å². The van der Waals surface area contributed by atoms with Gasteiger partial charge in [0.05, 0.1) is 39.8 Å². The first-order valence-electron chi connectivity index (χ1n) is 10.7. The number of fused-ring (bicyclic) bond motifs is 2. The average molecular weight is 492 g/mol. The van der Waals surface area contributed by atoms with Gasteiger partial charge in [-0.25, -0.2) is 15.0 Å². The molecule has 1 aliphatic rings. The number of hydrogen-bond acceptors (Lipinski definition) is 6. The molecule has 0 radical (unpaired) electrons. The number of rotatable bonds is 5. The molecule has 1 aliphatic carbocycles. The number of hydrogen-bond donors (Lipinski definition) is 1. The number of carbonyl (C=O) groups excluding carboxylic acids is 1. The predicted octanol–water partition coefficient (Wildman–Crippen LogP) is 5.01. The quantitative estimate of drug-likeness (QED) is 0.421. The second-order valence-corrected chi connectivity index (χ2v) is 8.78. The van der Waals surface area contributed by atoms with E-state index in [9.17, 15) is 9.59 Å². The first-order chi connectivity index (χ1) is 16.4. The van der Waals surface area contributed by atoms with E-state index in [4.69, 9.17) is 28.2 Å². The Morgan fingerprint density at radius 2 is 1.85 bits per heavy atom. The average Bonchev–Trinajstić information content (AvgIpc) is 2.82. The predicted molar refractivity (Wildman–Crippen MR) is 133 cm³/mol. The highest BCUT2D eigenvalue weighted by Gasteiger charge is 2.24. The summed E-state index contributed by atoms with van der Waals surface area (Å²) in [7, 11) is 0.